The first-order valence-corrected chi connectivity index (χ1v) is 7.25. The van der Waals surface area contributed by atoms with Gasteiger partial charge in [0.25, 0.3) is 0 Å². The van der Waals surface area contributed by atoms with Gasteiger partial charge in [-0.2, -0.15) is 0 Å². The van der Waals surface area contributed by atoms with Crippen molar-refractivity contribution in [1.82, 2.24) is 5.32 Å². The SMILES string of the molecule is Oc1ccc(C(=C2CCNCC2)c2ccc(O)cc2)cc1. The van der Waals surface area contributed by atoms with Gasteiger partial charge in [0.05, 0.1) is 0 Å². The quantitative estimate of drug-likeness (QED) is 0.792. The van der Waals surface area contributed by atoms with Crippen LogP contribution in [0.3, 0.4) is 0 Å². The lowest BCUT2D eigenvalue weighted by molar-refractivity contribution is 0.475. The second-order valence-electron chi connectivity index (χ2n) is 5.32. The molecule has 3 heteroatoms. The second-order valence-corrected chi connectivity index (χ2v) is 5.32. The average molecular weight is 281 g/mol. The molecule has 2 aromatic rings. The van der Waals surface area contributed by atoms with Crippen LogP contribution in [0.25, 0.3) is 5.57 Å². The number of benzene rings is 2. The Kier molecular flexibility index (Phi) is 3.93. The lowest BCUT2D eigenvalue weighted by Gasteiger charge is -2.21. The number of aromatic hydroxyl groups is 2. The molecular formula is C18H19NO2. The third-order valence-corrected chi connectivity index (χ3v) is 3.87. The van der Waals surface area contributed by atoms with Crippen molar-refractivity contribution in [2.75, 3.05) is 13.1 Å². The van der Waals surface area contributed by atoms with Crippen LogP contribution in [-0.4, -0.2) is 23.3 Å². The van der Waals surface area contributed by atoms with Crippen LogP contribution >= 0.6 is 0 Å². The molecule has 3 nitrogen and oxygen atoms in total. The number of hydrogen-bond donors (Lipinski definition) is 3. The van der Waals surface area contributed by atoms with Crippen molar-refractivity contribution in [3.05, 3.63) is 65.2 Å². The fourth-order valence-electron chi connectivity index (χ4n) is 2.81. The number of rotatable bonds is 2. The highest BCUT2D eigenvalue weighted by molar-refractivity contribution is 5.82. The van der Waals surface area contributed by atoms with Crippen LogP contribution in [0, 0.1) is 0 Å². The highest BCUT2D eigenvalue weighted by Gasteiger charge is 2.14. The Balaban J connectivity index is 2.10. The molecule has 0 aliphatic carbocycles. The number of phenolic OH excluding ortho intramolecular Hbond substituents is 2. The van der Waals surface area contributed by atoms with Gasteiger partial charge in [0, 0.05) is 0 Å². The van der Waals surface area contributed by atoms with Crippen molar-refractivity contribution in [2.24, 2.45) is 0 Å². The zero-order valence-electron chi connectivity index (χ0n) is 11.8. The third-order valence-electron chi connectivity index (χ3n) is 3.87. The monoisotopic (exact) mass is 281 g/mol. The molecule has 3 rings (SSSR count). The predicted molar refractivity (Wildman–Crippen MR) is 84.3 cm³/mol. The summed E-state index contributed by atoms with van der Waals surface area (Å²) < 4.78 is 0. The van der Waals surface area contributed by atoms with Crippen LogP contribution in [0.1, 0.15) is 24.0 Å². The van der Waals surface area contributed by atoms with E-state index in [1.165, 1.54) is 11.1 Å². The van der Waals surface area contributed by atoms with Crippen LogP contribution < -0.4 is 5.32 Å². The van der Waals surface area contributed by atoms with E-state index in [-0.39, 0.29) is 11.5 Å². The van der Waals surface area contributed by atoms with Gasteiger partial charge in [-0.15, -0.1) is 0 Å². The van der Waals surface area contributed by atoms with E-state index in [0.717, 1.165) is 37.1 Å². The standard InChI is InChI=1S/C18H19NO2/c20-16-5-1-13(2-6-16)18(15-9-11-19-12-10-15)14-3-7-17(21)8-4-14/h1-8,19-21H,9-12H2. The summed E-state index contributed by atoms with van der Waals surface area (Å²) >= 11 is 0. The van der Waals surface area contributed by atoms with Crippen LogP contribution in [0.4, 0.5) is 0 Å². The molecule has 1 aliphatic heterocycles. The zero-order chi connectivity index (χ0) is 14.7. The van der Waals surface area contributed by atoms with Gasteiger partial charge in [0.1, 0.15) is 11.5 Å². The van der Waals surface area contributed by atoms with E-state index in [9.17, 15) is 10.2 Å². The van der Waals surface area contributed by atoms with E-state index in [2.05, 4.69) is 5.32 Å². The number of hydrogen-bond acceptors (Lipinski definition) is 3. The number of phenols is 2. The summed E-state index contributed by atoms with van der Waals surface area (Å²) in [5, 5.41) is 22.4. The van der Waals surface area contributed by atoms with Gasteiger partial charge in [-0.25, -0.2) is 0 Å². The van der Waals surface area contributed by atoms with E-state index >= 15 is 0 Å². The van der Waals surface area contributed by atoms with E-state index < -0.39 is 0 Å². The van der Waals surface area contributed by atoms with E-state index in [4.69, 9.17) is 0 Å². The fraction of sp³-hybridized carbons (Fsp3) is 0.222. The molecule has 0 amide bonds. The van der Waals surface area contributed by atoms with Gasteiger partial charge in [0.2, 0.25) is 0 Å². The van der Waals surface area contributed by atoms with Crippen LogP contribution in [-0.2, 0) is 0 Å². The molecule has 0 saturated carbocycles. The largest absolute Gasteiger partial charge is 0.508 e. The Morgan fingerprint density at radius 1 is 0.714 bits per heavy atom. The fourth-order valence-corrected chi connectivity index (χ4v) is 2.81. The van der Waals surface area contributed by atoms with Gasteiger partial charge in [0.15, 0.2) is 0 Å². The van der Waals surface area contributed by atoms with Crippen LogP contribution in [0.5, 0.6) is 11.5 Å². The van der Waals surface area contributed by atoms with Crippen molar-refractivity contribution in [2.45, 2.75) is 12.8 Å². The maximum Gasteiger partial charge on any atom is 0.115 e. The normalized spacial score (nSPS) is 15.0. The summed E-state index contributed by atoms with van der Waals surface area (Å²) in [4.78, 5) is 0. The molecular weight excluding hydrogens is 262 g/mol. The smallest absolute Gasteiger partial charge is 0.115 e. The van der Waals surface area contributed by atoms with Gasteiger partial charge in [-0.1, -0.05) is 29.8 Å². The molecule has 0 atom stereocenters. The van der Waals surface area contributed by atoms with Gasteiger partial charge in [-0.05, 0) is 66.9 Å². The summed E-state index contributed by atoms with van der Waals surface area (Å²) in [5.41, 5.74) is 4.85. The molecule has 0 bridgehead atoms. The summed E-state index contributed by atoms with van der Waals surface area (Å²) in [7, 11) is 0. The minimum absolute atomic E-state index is 0.277. The molecule has 1 heterocycles. The second kappa shape index (κ2) is 6.02. The lowest BCUT2D eigenvalue weighted by atomic mass is 9.89. The average Bonchev–Trinajstić information content (AvgIpc) is 2.52. The first kappa shape index (κ1) is 13.7. The molecule has 2 aromatic carbocycles. The third kappa shape index (κ3) is 3.09. The summed E-state index contributed by atoms with van der Waals surface area (Å²) in [5.74, 6) is 0.554. The first-order valence-electron chi connectivity index (χ1n) is 7.25. The number of piperidine rings is 1. The Labute approximate surface area is 124 Å². The first-order chi connectivity index (χ1) is 10.2. The van der Waals surface area contributed by atoms with Crippen molar-refractivity contribution in [3.8, 4) is 11.5 Å². The molecule has 0 unspecified atom stereocenters. The molecule has 1 aliphatic rings. The highest BCUT2D eigenvalue weighted by Crippen LogP contribution is 2.32. The minimum Gasteiger partial charge on any atom is -0.508 e. The molecule has 1 saturated heterocycles. The topological polar surface area (TPSA) is 52.5 Å². The molecule has 0 spiro atoms. The van der Waals surface area contributed by atoms with Crippen LogP contribution in [0.2, 0.25) is 0 Å². The van der Waals surface area contributed by atoms with Gasteiger partial charge < -0.3 is 15.5 Å². The Morgan fingerprint density at radius 3 is 1.57 bits per heavy atom. The van der Waals surface area contributed by atoms with Crippen molar-refractivity contribution >= 4 is 5.57 Å². The Bertz CT molecular complexity index is 586. The van der Waals surface area contributed by atoms with E-state index in [1.807, 2.05) is 24.3 Å². The van der Waals surface area contributed by atoms with E-state index in [1.54, 1.807) is 24.3 Å². The molecule has 108 valence electrons. The molecule has 3 N–H and O–H groups in total. The van der Waals surface area contributed by atoms with Gasteiger partial charge in [-0.3, -0.25) is 0 Å². The van der Waals surface area contributed by atoms with Crippen molar-refractivity contribution < 1.29 is 10.2 Å². The minimum atomic E-state index is 0.277. The van der Waals surface area contributed by atoms with E-state index in [0.29, 0.717) is 0 Å². The van der Waals surface area contributed by atoms with Crippen LogP contribution in [0.15, 0.2) is 54.1 Å². The summed E-state index contributed by atoms with van der Waals surface area (Å²) in [6.07, 6.45) is 2.05. The Morgan fingerprint density at radius 2 is 1.14 bits per heavy atom. The van der Waals surface area contributed by atoms with Gasteiger partial charge >= 0.3 is 0 Å². The molecule has 0 aromatic heterocycles. The Hall–Kier alpha value is -2.26. The number of nitrogens with one attached hydrogen (secondary N) is 1. The molecule has 21 heavy (non-hydrogen) atoms. The maximum absolute atomic E-state index is 9.50. The summed E-state index contributed by atoms with van der Waals surface area (Å²) in [6, 6.07) is 14.7. The zero-order valence-corrected chi connectivity index (χ0v) is 11.8. The van der Waals surface area contributed by atoms with Crippen molar-refractivity contribution in [3.63, 3.8) is 0 Å². The molecule has 1 fully saturated rings. The van der Waals surface area contributed by atoms with Crippen molar-refractivity contribution in [1.29, 1.82) is 0 Å². The maximum atomic E-state index is 9.50. The predicted octanol–water partition coefficient (Wildman–Crippen LogP) is 3.28. The summed E-state index contributed by atoms with van der Waals surface area (Å²) in [6.45, 7) is 1.99. The molecule has 0 radical (unpaired) electrons. The lowest BCUT2D eigenvalue weighted by Crippen LogP contribution is -2.23. The highest BCUT2D eigenvalue weighted by atomic mass is 16.3.